The van der Waals surface area contributed by atoms with E-state index in [4.69, 9.17) is 5.11 Å². The quantitative estimate of drug-likeness (QED) is 0.817. The van der Waals surface area contributed by atoms with Gasteiger partial charge in [-0.15, -0.1) is 0 Å². The number of amides is 2. The largest absolute Gasteiger partial charge is 0.507 e. The molecule has 0 aromatic heterocycles. The van der Waals surface area contributed by atoms with Gasteiger partial charge in [-0.3, -0.25) is 9.59 Å². The topological polar surface area (TPSA) is 94.9 Å². The van der Waals surface area contributed by atoms with Crippen LogP contribution < -0.4 is 4.90 Å². The number of anilines is 1. The number of aromatic hydroxyl groups is 1. The maximum atomic E-state index is 12.7. The van der Waals surface area contributed by atoms with Crippen molar-refractivity contribution in [3.05, 3.63) is 23.8 Å². The molecule has 1 saturated carbocycles. The molecule has 22 heavy (non-hydrogen) atoms. The van der Waals surface area contributed by atoms with Crippen LogP contribution in [0.2, 0.25) is 0 Å². The maximum absolute atomic E-state index is 12.7. The molecule has 2 N–H and O–H groups in total. The molecule has 1 aromatic rings. The van der Waals surface area contributed by atoms with Crippen molar-refractivity contribution in [3.8, 4) is 5.75 Å². The Balaban J connectivity index is 1.95. The molecular formula is C16H17NO5. The average Bonchev–Trinajstić information content (AvgIpc) is 2.70. The van der Waals surface area contributed by atoms with E-state index in [0.29, 0.717) is 12.8 Å². The van der Waals surface area contributed by atoms with E-state index < -0.39 is 17.1 Å². The zero-order chi connectivity index (χ0) is 15.9. The molecule has 0 unspecified atom stereocenters. The Kier molecular flexibility index (Phi) is 3.39. The highest BCUT2D eigenvalue weighted by Crippen LogP contribution is 2.46. The van der Waals surface area contributed by atoms with E-state index in [9.17, 15) is 19.5 Å². The van der Waals surface area contributed by atoms with Crippen molar-refractivity contribution >= 4 is 23.5 Å². The fourth-order valence-corrected chi connectivity index (χ4v) is 3.51. The minimum Gasteiger partial charge on any atom is -0.507 e. The van der Waals surface area contributed by atoms with Gasteiger partial charge in [-0.1, -0.05) is 19.3 Å². The van der Waals surface area contributed by atoms with E-state index in [1.807, 2.05) is 0 Å². The monoisotopic (exact) mass is 303 g/mol. The molecular weight excluding hydrogens is 286 g/mol. The zero-order valence-corrected chi connectivity index (χ0v) is 12.0. The Morgan fingerprint density at radius 3 is 2.41 bits per heavy atom. The Hall–Kier alpha value is -2.37. The van der Waals surface area contributed by atoms with Gasteiger partial charge >= 0.3 is 5.97 Å². The minimum absolute atomic E-state index is 0.202. The number of carbonyl (C=O) groups excluding carboxylic acids is 2. The van der Waals surface area contributed by atoms with Crippen LogP contribution in [0.15, 0.2) is 18.2 Å². The molecule has 0 atom stereocenters. The summed E-state index contributed by atoms with van der Waals surface area (Å²) >= 11 is 0. The first kappa shape index (κ1) is 14.6. The third-order valence-electron chi connectivity index (χ3n) is 4.68. The van der Waals surface area contributed by atoms with Gasteiger partial charge in [0.2, 0.25) is 11.8 Å². The summed E-state index contributed by atoms with van der Waals surface area (Å²) in [6, 6.07) is 3.77. The van der Waals surface area contributed by atoms with Gasteiger partial charge < -0.3 is 10.2 Å². The predicted octanol–water partition coefficient (Wildman–Crippen LogP) is 2.30. The maximum Gasteiger partial charge on any atom is 0.339 e. The molecule has 2 aliphatic rings. The Morgan fingerprint density at radius 2 is 1.82 bits per heavy atom. The van der Waals surface area contributed by atoms with Gasteiger partial charge in [0.05, 0.1) is 11.1 Å². The van der Waals surface area contributed by atoms with E-state index in [1.165, 1.54) is 18.2 Å². The van der Waals surface area contributed by atoms with Gasteiger partial charge in [0.25, 0.3) is 0 Å². The summed E-state index contributed by atoms with van der Waals surface area (Å²) in [5.41, 5.74) is -0.619. The molecule has 1 heterocycles. The summed E-state index contributed by atoms with van der Waals surface area (Å²) in [5, 5.41) is 18.7. The van der Waals surface area contributed by atoms with Crippen LogP contribution in [-0.4, -0.2) is 28.0 Å². The lowest BCUT2D eigenvalue weighted by Gasteiger charge is -2.30. The van der Waals surface area contributed by atoms with Crippen molar-refractivity contribution in [2.75, 3.05) is 4.90 Å². The second-order valence-electron chi connectivity index (χ2n) is 6.06. The van der Waals surface area contributed by atoms with Crippen molar-refractivity contribution in [2.45, 2.75) is 38.5 Å². The highest BCUT2D eigenvalue weighted by molar-refractivity contribution is 6.22. The smallest absolute Gasteiger partial charge is 0.339 e. The van der Waals surface area contributed by atoms with Gasteiger partial charge in [-0.25, -0.2) is 9.69 Å². The second-order valence-corrected chi connectivity index (χ2v) is 6.06. The number of carboxylic acids is 1. The number of nitrogens with zero attached hydrogens (tertiary/aromatic N) is 1. The molecule has 116 valence electrons. The van der Waals surface area contributed by atoms with E-state index in [-0.39, 0.29) is 29.5 Å². The highest BCUT2D eigenvalue weighted by Gasteiger charge is 2.52. The van der Waals surface area contributed by atoms with Crippen molar-refractivity contribution in [1.82, 2.24) is 0 Å². The Bertz CT molecular complexity index is 661. The number of carboxylic acid groups (broad SMARTS) is 1. The molecule has 2 amide bonds. The standard InChI is InChI=1S/C16H17NO5/c18-12-8-10(4-5-11(12)14(20)21)17-13(19)9-16(15(17)22)6-2-1-3-7-16/h4-5,8,18H,1-3,6-7,9H2,(H,20,21). The average molecular weight is 303 g/mol. The number of hydrogen-bond donors (Lipinski definition) is 2. The molecule has 6 heteroatoms. The number of aromatic carboxylic acids is 1. The van der Waals surface area contributed by atoms with Gasteiger partial charge in [-0.05, 0) is 25.0 Å². The van der Waals surface area contributed by atoms with Crippen LogP contribution in [0.1, 0.15) is 48.9 Å². The van der Waals surface area contributed by atoms with Gasteiger partial charge in [-0.2, -0.15) is 0 Å². The first-order chi connectivity index (χ1) is 10.4. The lowest BCUT2D eigenvalue weighted by molar-refractivity contribution is -0.127. The Labute approximate surface area is 127 Å². The summed E-state index contributed by atoms with van der Waals surface area (Å²) in [5.74, 6) is -2.21. The molecule has 2 fully saturated rings. The predicted molar refractivity (Wildman–Crippen MR) is 77.7 cm³/mol. The molecule has 6 nitrogen and oxygen atoms in total. The zero-order valence-electron chi connectivity index (χ0n) is 12.0. The molecule has 0 radical (unpaired) electrons. The molecule has 1 aliphatic heterocycles. The number of benzene rings is 1. The Morgan fingerprint density at radius 1 is 1.14 bits per heavy atom. The number of phenols is 1. The fraction of sp³-hybridized carbons (Fsp3) is 0.438. The summed E-state index contributed by atoms with van der Waals surface area (Å²) in [7, 11) is 0. The lowest BCUT2D eigenvalue weighted by Crippen LogP contribution is -2.36. The first-order valence-corrected chi connectivity index (χ1v) is 7.38. The first-order valence-electron chi connectivity index (χ1n) is 7.38. The third-order valence-corrected chi connectivity index (χ3v) is 4.68. The fourth-order valence-electron chi connectivity index (χ4n) is 3.51. The van der Waals surface area contributed by atoms with E-state index >= 15 is 0 Å². The number of hydrogen-bond acceptors (Lipinski definition) is 4. The number of carbonyl (C=O) groups is 3. The van der Waals surface area contributed by atoms with Crippen LogP contribution in [0, 0.1) is 5.41 Å². The van der Waals surface area contributed by atoms with Crippen LogP contribution in [-0.2, 0) is 9.59 Å². The van der Waals surface area contributed by atoms with Crippen LogP contribution in [0.3, 0.4) is 0 Å². The van der Waals surface area contributed by atoms with Crippen molar-refractivity contribution in [2.24, 2.45) is 5.41 Å². The summed E-state index contributed by atoms with van der Waals surface area (Å²) in [6.07, 6.45) is 4.59. The molecule has 1 aliphatic carbocycles. The van der Waals surface area contributed by atoms with E-state index in [0.717, 1.165) is 24.2 Å². The van der Waals surface area contributed by atoms with Crippen molar-refractivity contribution < 1.29 is 24.6 Å². The van der Waals surface area contributed by atoms with E-state index in [2.05, 4.69) is 0 Å². The number of rotatable bonds is 2. The SMILES string of the molecule is O=C(O)c1ccc(N2C(=O)CC3(CCCCC3)C2=O)cc1O. The van der Waals surface area contributed by atoms with Gasteiger partial charge in [0.1, 0.15) is 11.3 Å². The summed E-state index contributed by atoms with van der Waals surface area (Å²) < 4.78 is 0. The molecule has 1 spiro atoms. The third kappa shape index (κ3) is 2.15. The highest BCUT2D eigenvalue weighted by atomic mass is 16.4. The van der Waals surface area contributed by atoms with Crippen LogP contribution in [0.5, 0.6) is 5.75 Å². The molecule has 0 bridgehead atoms. The van der Waals surface area contributed by atoms with Gasteiger partial charge in [0, 0.05) is 12.5 Å². The molecule has 1 aromatic carbocycles. The van der Waals surface area contributed by atoms with Gasteiger partial charge in [0.15, 0.2) is 0 Å². The second kappa shape index (κ2) is 5.12. The van der Waals surface area contributed by atoms with Crippen LogP contribution in [0.25, 0.3) is 0 Å². The lowest BCUT2D eigenvalue weighted by atomic mass is 9.73. The number of imide groups is 1. The van der Waals surface area contributed by atoms with Crippen molar-refractivity contribution in [3.63, 3.8) is 0 Å². The van der Waals surface area contributed by atoms with Crippen LogP contribution in [0.4, 0.5) is 5.69 Å². The molecule has 3 rings (SSSR count). The normalized spacial score (nSPS) is 20.6. The van der Waals surface area contributed by atoms with Crippen molar-refractivity contribution in [1.29, 1.82) is 0 Å². The summed E-state index contributed by atoms with van der Waals surface area (Å²) in [4.78, 5) is 37.0. The molecule has 1 saturated heterocycles. The summed E-state index contributed by atoms with van der Waals surface area (Å²) in [6.45, 7) is 0. The minimum atomic E-state index is -1.26. The van der Waals surface area contributed by atoms with E-state index in [1.54, 1.807) is 0 Å². The van der Waals surface area contributed by atoms with Crippen LogP contribution >= 0.6 is 0 Å².